The second kappa shape index (κ2) is 4.81. The van der Waals surface area contributed by atoms with E-state index in [1.54, 1.807) is 0 Å². The van der Waals surface area contributed by atoms with E-state index in [4.69, 9.17) is 5.73 Å². The summed E-state index contributed by atoms with van der Waals surface area (Å²) in [6.45, 7) is 1.99. The van der Waals surface area contributed by atoms with Gasteiger partial charge in [0, 0.05) is 10.5 Å². The minimum absolute atomic E-state index is 0.187. The molecule has 0 fully saturated rings. The molecule has 0 saturated carbocycles. The summed E-state index contributed by atoms with van der Waals surface area (Å²) in [7, 11) is 1.31. The van der Waals surface area contributed by atoms with Crippen molar-refractivity contribution in [2.45, 2.75) is 6.92 Å². The maximum absolute atomic E-state index is 11.4. The summed E-state index contributed by atoms with van der Waals surface area (Å²) in [5.41, 5.74) is 7.91. The number of esters is 1. The number of methoxy groups -OCH3 is 1. The van der Waals surface area contributed by atoms with Crippen LogP contribution in [0.3, 0.4) is 0 Å². The van der Waals surface area contributed by atoms with Crippen molar-refractivity contribution in [1.82, 2.24) is 9.78 Å². The molecule has 0 bridgehead atoms. The van der Waals surface area contributed by atoms with Crippen molar-refractivity contribution < 1.29 is 9.53 Å². The lowest BCUT2D eigenvalue weighted by Crippen LogP contribution is -2.05. The Balaban J connectivity index is 2.47. The fourth-order valence-electron chi connectivity index (χ4n) is 1.52. The van der Waals surface area contributed by atoms with Gasteiger partial charge < -0.3 is 10.5 Å². The van der Waals surface area contributed by atoms with Gasteiger partial charge >= 0.3 is 5.97 Å². The first-order valence-electron chi connectivity index (χ1n) is 5.23. The number of benzene rings is 1. The first kappa shape index (κ1) is 12.6. The average molecular weight is 310 g/mol. The van der Waals surface area contributed by atoms with E-state index in [-0.39, 0.29) is 5.69 Å². The van der Waals surface area contributed by atoms with Crippen molar-refractivity contribution in [3.8, 4) is 5.69 Å². The van der Waals surface area contributed by atoms with Crippen LogP contribution in [0.4, 0.5) is 5.82 Å². The average Bonchev–Trinajstić information content (AvgIpc) is 2.74. The van der Waals surface area contributed by atoms with Crippen LogP contribution in [0.25, 0.3) is 5.69 Å². The Morgan fingerprint density at radius 1 is 1.44 bits per heavy atom. The van der Waals surface area contributed by atoms with Crippen molar-refractivity contribution in [2.24, 2.45) is 0 Å². The molecule has 0 amide bonds. The minimum Gasteiger partial charge on any atom is -0.464 e. The molecule has 1 aromatic carbocycles. The number of anilines is 1. The predicted octanol–water partition coefficient (Wildman–Crippen LogP) is 2.31. The molecule has 0 unspecified atom stereocenters. The molecule has 94 valence electrons. The largest absolute Gasteiger partial charge is 0.464 e. The first-order valence-corrected chi connectivity index (χ1v) is 6.02. The Hall–Kier alpha value is -1.82. The van der Waals surface area contributed by atoms with Crippen LogP contribution in [-0.4, -0.2) is 22.9 Å². The number of carbonyl (C=O) groups excluding carboxylic acids is 1. The van der Waals surface area contributed by atoms with Gasteiger partial charge in [-0.15, -0.1) is 0 Å². The maximum Gasteiger partial charge on any atom is 0.358 e. The zero-order chi connectivity index (χ0) is 13.3. The number of carbonyl (C=O) groups is 1. The number of halogens is 1. The summed E-state index contributed by atoms with van der Waals surface area (Å²) in [5.74, 6) is -0.127. The molecule has 2 aromatic rings. The fourth-order valence-corrected chi connectivity index (χ4v) is 1.89. The van der Waals surface area contributed by atoms with Crippen LogP contribution in [0.2, 0.25) is 0 Å². The van der Waals surface area contributed by atoms with Gasteiger partial charge in [-0.05, 0) is 24.6 Å². The SMILES string of the molecule is COC(=O)c1cc(N)n(-c2ccc(C)c(Br)c2)n1. The number of hydrogen-bond acceptors (Lipinski definition) is 4. The summed E-state index contributed by atoms with van der Waals surface area (Å²) in [6, 6.07) is 7.20. The van der Waals surface area contributed by atoms with E-state index in [0.717, 1.165) is 15.7 Å². The van der Waals surface area contributed by atoms with Gasteiger partial charge in [-0.2, -0.15) is 5.10 Å². The number of nitrogen functional groups attached to an aromatic ring is 1. The standard InChI is InChI=1S/C12H12BrN3O2/c1-7-3-4-8(5-9(7)13)16-11(14)6-10(15-16)12(17)18-2/h3-6H,14H2,1-2H3. The van der Waals surface area contributed by atoms with Crippen LogP contribution in [0, 0.1) is 6.92 Å². The Bertz CT molecular complexity index is 607. The van der Waals surface area contributed by atoms with E-state index in [0.29, 0.717) is 5.82 Å². The zero-order valence-corrected chi connectivity index (χ0v) is 11.6. The van der Waals surface area contributed by atoms with Crippen LogP contribution in [0.1, 0.15) is 16.1 Å². The van der Waals surface area contributed by atoms with E-state index >= 15 is 0 Å². The second-order valence-corrected chi connectivity index (χ2v) is 4.65. The Morgan fingerprint density at radius 2 is 2.17 bits per heavy atom. The summed E-state index contributed by atoms with van der Waals surface area (Å²) in [6.07, 6.45) is 0. The normalized spacial score (nSPS) is 10.4. The third-order valence-corrected chi connectivity index (χ3v) is 3.39. The van der Waals surface area contributed by atoms with Gasteiger partial charge in [0.15, 0.2) is 5.69 Å². The number of rotatable bonds is 2. The van der Waals surface area contributed by atoms with Gasteiger partial charge in [-0.1, -0.05) is 22.0 Å². The van der Waals surface area contributed by atoms with Gasteiger partial charge in [-0.25, -0.2) is 9.48 Å². The van der Waals surface area contributed by atoms with Gasteiger partial charge in [-0.3, -0.25) is 0 Å². The number of ether oxygens (including phenoxy) is 1. The number of hydrogen-bond donors (Lipinski definition) is 1. The van der Waals surface area contributed by atoms with E-state index in [1.165, 1.54) is 17.9 Å². The van der Waals surface area contributed by atoms with Crippen molar-refractivity contribution >= 4 is 27.7 Å². The molecule has 0 aliphatic rings. The lowest BCUT2D eigenvalue weighted by Gasteiger charge is -2.05. The van der Waals surface area contributed by atoms with Crippen molar-refractivity contribution in [2.75, 3.05) is 12.8 Å². The van der Waals surface area contributed by atoms with Crippen LogP contribution in [-0.2, 0) is 4.74 Å². The van der Waals surface area contributed by atoms with Crippen molar-refractivity contribution in [3.05, 3.63) is 40.0 Å². The third kappa shape index (κ3) is 2.24. The van der Waals surface area contributed by atoms with Crippen LogP contribution < -0.4 is 5.73 Å². The van der Waals surface area contributed by atoms with E-state index in [2.05, 4.69) is 25.8 Å². The lowest BCUT2D eigenvalue weighted by molar-refractivity contribution is 0.0593. The maximum atomic E-state index is 11.4. The number of aromatic nitrogens is 2. The van der Waals surface area contributed by atoms with Crippen LogP contribution >= 0.6 is 15.9 Å². The quantitative estimate of drug-likeness (QED) is 0.864. The molecular weight excluding hydrogens is 298 g/mol. The smallest absolute Gasteiger partial charge is 0.358 e. The fraction of sp³-hybridized carbons (Fsp3) is 0.167. The summed E-state index contributed by atoms with van der Waals surface area (Å²) < 4.78 is 7.05. The molecule has 0 spiro atoms. The summed E-state index contributed by atoms with van der Waals surface area (Å²) >= 11 is 3.44. The van der Waals surface area contributed by atoms with Gasteiger partial charge in [0.2, 0.25) is 0 Å². The van der Waals surface area contributed by atoms with E-state index < -0.39 is 5.97 Å². The highest BCUT2D eigenvalue weighted by molar-refractivity contribution is 9.10. The minimum atomic E-state index is -0.508. The molecular formula is C12H12BrN3O2. The second-order valence-electron chi connectivity index (χ2n) is 3.79. The highest BCUT2D eigenvalue weighted by atomic mass is 79.9. The molecule has 5 nitrogen and oxygen atoms in total. The molecule has 6 heteroatoms. The molecule has 0 saturated heterocycles. The molecule has 0 atom stereocenters. The van der Waals surface area contributed by atoms with Gasteiger partial charge in [0.25, 0.3) is 0 Å². The summed E-state index contributed by atoms with van der Waals surface area (Å²) in [5, 5.41) is 4.12. The Labute approximate surface area is 113 Å². The monoisotopic (exact) mass is 309 g/mol. The number of nitrogens with zero attached hydrogens (tertiary/aromatic N) is 2. The van der Waals surface area contributed by atoms with Gasteiger partial charge in [0.1, 0.15) is 5.82 Å². The van der Waals surface area contributed by atoms with Crippen LogP contribution in [0.15, 0.2) is 28.7 Å². The molecule has 1 aromatic heterocycles. The zero-order valence-electron chi connectivity index (χ0n) is 9.98. The van der Waals surface area contributed by atoms with Gasteiger partial charge in [0.05, 0.1) is 12.8 Å². The van der Waals surface area contributed by atoms with E-state index in [1.807, 2.05) is 25.1 Å². The lowest BCUT2D eigenvalue weighted by atomic mass is 10.2. The molecule has 18 heavy (non-hydrogen) atoms. The number of nitrogens with two attached hydrogens (primary N) is 1. The molecule has 0 aliphatic heterocycles. The third-order valence-electron chi connectivity index (χ3n) is 2.53. The molecule has 1 heterocycles. The Kier molecular flexibility index (Phi) is 3.38. The molecule has 2 rings (SSSR count). The number of aryl methyl sites for hydroxylation is 1. The highest BCUT2D eigenvalue weighted by Gasteiger charge is 2.14. The van der Waals surface area contributed by atoms with E-state index in [9.17, 15) is 4.79 Å². The molecule has 0 radical (unpaired) electrons. The summed E-state index contributed by atoms with van der Waals surface area (Å²) in [4.78, 5) is 11.4. The van der Waals surface area contributed by atoms with Crippen LogP contribution in [0.5, 0.6) is 0 Å². The van der Waals surface area contributed by atoms with Crippen molar-refractivity contribution in [1.29, 1.82) is 0 Å². The molecule has 2 N–H and O–H groups in total. The molecule has 0 aliphatic carbocycles. The predicted molar refractivity (Wildman–Crippen MR) is 71.8 cm³/mol. The first-order chi connectivity index (χ1) is 8.52. The highest BCUT2D eigenvalue weighted by Crippen LogP contribution is 2.22. The van der Waals surface area contributed by atoms with Crippen molar-refractivity contribution in [3.63, 3.8) is 0 Å². The Morgan fingerprint density at radius 3 is 2.78 bits per heavy atom. The topological polar surface area (TPSA) is 70.1 Å².